The van der Waals surface area contributed by atoms with Crippen molar-refractivity contribution in [3.8, 4) is 0 Å². The van der Waals surface area contributed by atoms with Gasteiger partial charge in [-0.2, -0.15) is 0 Å². The smallest absolute Gasteiger partial charge is 0.326 e. The molecule has 41 heavy (non-hydrogen) atoms. The minimum Gasteiger partial charge on any atom is -0.480 e. The summed E-state index contributed by atoms with van der Waals surface area (Å²) < 4.78 is 5.16. The van der Waals surface area contributed by atoms with E-state index in [9.17, 15) is 39.3 Å². The normalized spacial score (nSPS) is 36.9. The van der Waals surface area contributed by atoms with Crippen LogP contribution in [0.2, 0.25) is 0 Å². The molecule has 1 amide bonds. The number of carbonyl (C=O) groups is 5. The van der Waals surface area contributed by atoms with Gasteiger partial charge in [0.1, 0.15) is 11.6 Å². The van der Waals surface area contributed by atoms with Crippen LogP contribution in [-0.4, -0.2) is 69.1 Å². The summed E-state index contributed by atoms with van der Waals surface area (Å²) in [5.74, 6) is -2.89. The van der Waals surface area contributed by atoms with Crippen LogP contribution in [-0.2, 0) is 28.7 Å². The van der Waals surface area contributed by atoms with E-state index in [1.54, 1.807) is 6.08 Å². The zero-order valence-electron chi connectivity index (χ0n) is 24.6. The SMILES string of the molecule is CC(C)CC(NC(=O)CCC(=O)OCC(=O)C1(O)CCC2C3CCC4=CC(=O)CCC4(C)C3C(O)CC21C)C(=O)O. The molecule has 0 bridgehead atoms. The fourth-order valence-electron chi connectivity index (χ4n) is 8.66. The molecular weight excluding hydrogens is 530 g/mol. The molecule has 8 atom stereocenters. The lowest BCUT2D eigenvalue weighted by molar-refractivity contribution is -0.184. The number of carbonyl (C=O) groups excluding carboxylic acids is 4. The Kier molecular flexibility index (Phi) is 8.86. The number of carboxylic acid groups (broad SMARTS) is 1. The third-order valence-electron chi connectivity index (χ3n) is 10.8. The molecule has 4 aliphatic carbocycles. The lowest BCUT2D eigenvalue weighted by atomic mass is 9.45. The minimum absolute atomic E-state index is 0.00766. The fourth-order valence-corrected chi connectivity index (χ4v) is 8.66. The van der Waals surface area contributed by atoms with Crippen LogP contribution >= 0.6 is 0 Å². The number of hydrogen-bond donors (Lipinski definition) is 4. The van der Waals surface area contributed by atoms with Crippen LogP contribution in [0.25, 0.3) is 0 Å². The zero-order chi connectivity index (χ0) is 30.3. The number of aliphatic carboxylic acids is 1. The highest BCUT2D eigenvalue weighted by Crippen LogP contribution is 2.67. The summed E-state index contributed by atoms with van der Waals surface area (Å²) >= 11 is 0. The molecule has 0 aliphatic heterocycles. The average Bonchev–Trinajstić information content (AvgIpc) is 3.16. The standard InChI is InChI=1S/C31H45NO9/c1-17(2)13-22(28(38)39)32-25(36)7-8-26(37)41-16-24(35)31(40)12-10-21-20-6-5-18-14-19(33)9-11-29(18,3)27(20)23(34)15-30(21,31)4/h14,17,20-23,27,34,40H,5-13,15-16H2,1-4H3,(H,32,36)(H,38,39). The van der Waals surface area contributed by atoms with Gasteiger partial charge in [0.05, 0.1) is 12.5 Å². The first-order valence-electron chi connectivity index (χ1n) is 15.0. The molecule has 0 radical (unpaired) electrons. The Morgan fingerprint density at radius 3 is 2.46 bits per heavy atom. The van der Waals surface area contributed by atoms with Crippen molar-refractivity contribution in [1.29, 1.82) is 0 Å². The van der Waals surface area contributed by atoms with Crippen LogP contribution in [0.4, 0.5) is 0 Å². The number of aliphatic hydroxyl groups is 2. The molecule has 0 spiro atoms. The maximum Gasteiger partial charge on any atom is 0.326 e. The van der Waals surface area contributed by atoms with E-state index in [1.165, 1.54) is 0 Å². The largest absolute Gasteiger partial charge is 0.480 e. The van der Waals surface area contributed by atoms with Gasteiger partial charge in [0.2, 0.25) is 11.7 Å². The first-order chi connectivity index (χ1) is 19.1. The van der Waals surface area contributed by atoms with E-state index in [1.807, 2.05) is 20.8 Å². The van der Waals surface area contributed by atoms with Crippen molar-refractivity contribution in [2.45, 2.75) is 110 Å². The number of fused-ring (bicyclic) bond motifs is 5. The van der Waals surface area contributed by atoms with Crippen molar-refractivity contribution in [3.05, 3.63) is 11.6 Å². The fraction of sp³-hybridized carbons (Fsp3) is 0.774. The number of nitrogens with one attached hydrogen (secondary N) is 1. The lowest BCUT2D eigenvalue weighted by Gasteiger charge is -2.60. The summed E-state index contributed by atoms with van der Waals surface area (Å²) in [5, 5.41) is 35.0. The van der Waals surface area contributed by atoms with Gasteiger partial charge < -0.3 is 25.4 Å². The Labute approximate surface area is 241 Å². The molecule has 10 nitrogen and oxygen atoms in total. The molecule has 4 rings (SSSR count). The number of carboxylic acids is 1. The van der Waals surface area contributed by atoms with Crippen molar-refractivity contribution in [3.63, 3.8) is 0 Å². The Morgan fingerprint density at radius 2 is 1.80 bits per heavy atom. The second kappa shape index (κ2) is 11.6. The highest BCUT2D eigenvalue weighted by atomic mass is 16.5. The zero-order valence-corrected chi connectivity index (χ0v) is 24.6. The van der Waals surface area contributed by atoms with Crippen LogP contribution in [0.3, 0.4) is 0 Å². The summed E-state index contributed by atoms with van der Waals surface area (Å²) in [5.41, 5.74) is -1.81. The molecule has 3 fully saturated rings. The third-order valence-corrected chi connectivity index (χ3v) is 10.8. The van der Waals surface area contributed by atoms with Crippen LogP contribution in [0, 0.1) is 34.5 Å². The molecule has 0 saturated heterocycles. The van der Waals surface area contributed by atoms with E-state index in [-0.39, 0.29) is 67.0 Å². The van der Waals surface area contributed by atoms with Gasteiger partial charge >= 0.3 is 11.9 Å². The Bertz CT molecular complexity index is 1130. The van der Waals surface area contributed by atoms with Gasteiger partial charge in [-0.3, -0.25) is 19.2 Å². The number of Topliss-reactive ketones (excluding diaryl/α,β-unsaturated/α-hetero) is 1. The second-order valence-electron chi connectivity index (χ2n) is 13.6. The quantitative estimate of drug-likeness (QED) is 0.286. The summed E-state index contributed by atoms with van der Waals surface area (Å²) in [4.78, 5) is 61.4. The number of ether oxygens (including phenoxy) is 1. The van der Waals surface area contributed by atoms with Crippen LogP contribution in [0.1, 0.15) is 91.9 Å². The van der Waals surface area contributed by atoms with Gasteiger partial charge in [-0.25, -0.2) is 4.79 Å². The highest BCUT2D eigenvalue weighted by molar-refractivity contribution is 5.92. The minimum atomic E-state index is -1.76. The maximum atomic E-state index is 13.4. The van der Waals surface area contributed by atoms with Crippen molar-refractivity contribution in [2.75, 3.05) is 6.61 Å². The van der Waals surface area contributed by atoms with E-state index in [0.717, 1.165) is 18.4 Å². The highest BCUT2D eigenvalue weighted by Gasteiger charge is 2.68. The Balaban J connectivity index is 1.36. The molecule has 0 aromatic carbocycles. The number of esters is 1. The van der Waals surface area contributed by atoms with Crippen molar-refractivity contribution in [1.82, 2.24) is 5.32 Å². The second-order valence-corrected chi connectivity index (χ2v) is 13.6. The van der Waals surface area contributed by atoms with Crippen LogP contribution in [0.5, 0.6) is 0 Å². The Morgan fingerprint density at radius 1 is 1.10 bits per heavy atom. The first-order valence-corrected chi connectivity index (χ1v) is 15.0. The predicted molar refractivity (Wildman–Crippen MR) is 147 cm³/mol. The van der Waals surface area contributed by atoms with E-state index < -0.39 is 53.4 Å². The van der Waals surface area contributed by atoms with Crippen molar-refractivity contribution < 1.29 is 44.0 Å². The summed E-state index contributed by atoms with van der Waals surface area (Å²) in [7, 11) is 0. The van der Waals surface area contributed by atoms with E-state index in [4.69, 9.17) is 4.74 Å². The Hall–Kier alpha value is -2.59. The third kappa shape index (κ3) is 5.74. The number of ketones is 2. The molecule has 4 N–H and O–H groups in total. The molecule has 4 aliphatic rings. The molecule has 8 unspecified atom stereocenters. The van der Waals surface area contributed by atoms with Gasteiger partial charge in [-0.1, -0.05) is 33.3 Å². The molecule has 0 aromatic heterocycles. The molecule has 3 saturated carbocycles. The van der Waals surface area contributed by atoms with Crippen molar-refractivity contribution >= 4 is 29.4 Å². The van der Waals surface area contributed by atoms with Crippen molar-refractivity contribution in [2.24, 2.45) is 34.5 Å². The van der Waals surface area contributed by atoms with Gasteiger partial charge in [-0.15, -0.1) is 0 Å². The van der Waals surface area contributed by atoms with Crippen LogP contribution in [0.15, 0.2) is 11.6 Å². The van der Waals surface area contributed by atoms with Gasteiger partial charge in [0, 0.05) is 18.3 Å². The summed E-state index contributed by atoms with van der Waals surface area (Å²) in [6.45, 7) is 7.05. The topological polar surface area (TPSA) is 167 Å². The average molecular weight is 576 g/mol. The number of amides is 1. The van der Waals surface area contributed by atoms with Gasteiger partial charge in [0.25, 0.3) is 0 Å². The maximum absolute atomic E-state index is 13.4. The number of rotatable bonds is 10. The predicted octanol–water partition coefficient (Wildman–Crippen LogP) is 2.73. The number of hydrogen-bond acceptors (Lipinski definition) is 8. The molecule has 0 heterocycles. The molecule has 10 heteroatoms. The molecular formula is C31H45NO9. The summed E-state index contributed by atoms with van der Waals surface area (Å²) in [6, 6.07) is -1.05. The van der Waals surface area contributed by atoms with Gasteiger partial charge in [-0.05, 0) is 80.1 Å². The lowest BCUT2D eigenvalue weighted by Crippen LogP contribution is -2.62. The first kappa shape index (κ1) is 31.3. The summed E-state index contributed by atoms with van der Waals surface area (Å²) in [6.07, 6.45) is 4.47. The van der Waals surface area contributed by atoms with E-state index in [0.29, 0.717) is 19.3 Å². The van der Waals surface area contributed by atoms with Crippen LogP contribution < -0.4 is 5.32 Å². The molecule has 228 valence electrons. The molecule has 0 aromatic rings. The number of allylic oxidation sites excluding steroid dienone is 1. The van der Waals surface area contributed by atoms with E-state index >= 15 is 0 Å². The number of aliphatic hydroxyl groups excluding tert-OH is 1. The van der Waals surface area contributed by atoms with E-state index in [2.05, 4.69) is 12.2 Å². The van der Waals surface area contributed by atoms with Gasteiger partial charge in [0.15, 0.2) is 12.4 Å². The monoisotopic (exact) mass is 575 g/mol.